The van der Waals surface area contributed by atoms with Gasteiger partial charge in [0.05, 0.1) is 16.1 Å². The van der Waals surface area contributed by atoms with Crippen LogP contribution in [0.25, 0.3) is 0 Å². The van der Waals surface area contributed by atoms with E-state index in [1.807, 2.05) is 44.2 Å². The highest BCUT2D eigenvalue weighted by atomic mass is 79.9. The second-order valence-electron chi connectivity index (χ2n) is 11.9. The lowest BCUT2D eigenvalue weighted by molar-refractivity contribution is -0.140. The van der Waals surface area contributed by atoms with E-state index in [1.54, 1.807) is 43.3 Å². The molecule has 1 N–H and O–H groups in total. The van der Waals surface area contributed by atoms with Crippen LogP contribution >= 0.6 is 15.9 Å². The fourth-order valence-electron chi connectivity index (χ4n) is 5.01. The molecule has 2 amide bonds. The Labute approximate surface area is 287 Å². The normalized spacial score (nSPS) is 12.4. The van der Waals surface area contributed by atoms with Gasteiger partial charge in [0.15, 0.2) is 0 Å². The van der Waals surface area contributed by atoms with Crippen molar-refractivity contribution in [3.05, 3.63) is 130 Å². The van der Waals surface area contributed by atoms with Crippen molar-refractivity contribution in [2.75, 3.05) is 17.4 Å². The molecule has 0 fully saturated rings. The zero-order chi connectivity index (χ0) is 35.1. The third kappa shape index (κ3) is 9.70. The van der Waals surface area contributed by atoms with Gasteiger partial charge in [-0.15, -0.1) is 0 Å². The molecular formula is C36H37BrF3N3O4S. The molecule has 4 aromatic carbocycles. The first-order valence-corrected chi connectivity index (χ1v) is 17.5. The summed E-state index contributed by atoms with van der Waals surface area (Å²) in [4.78, 5) is 29.5. The molecule has 0 aliphatic carbocycles. The highest BCUT2D eigenvalue weighted by molar-refractivity contribution is 9.10. The summed E-state index contributed by atoms with van der Waals surface area (Å²) in [6, 6.07) is 24.8. The Balaban J connectivity index is 1.84. The standard InChI is InChI=1S/C36H37BrF3N3O4S/c1-25(2)22-41-35(45)33(20-27-9-5-4-6-10-27)42(23-28-11-7-13-30(37)19-28)34(44)24-43(31-14-8-12-29(21-31)36(38,39)40)48(46,47)32-17-15-26(3)16-18-32/h4-19,21,25,33H,20,22-24H2,1-3H3,(H,41,45). The Hall–Kier alpha value is -4.16. The average molecular weight is 745 g/mol. The first-order valence-electron chi connectivity index (χ1n) is 15.3. The number of nitrogens with one attached hydrogen (secondary N) is 1. The number of nitrogens with zero attached hydrogens (tertiary/aromatic N) is 2. The summed E-state index contributed by atoms with van der Waals surface area (Å²) >= 11 is 3.44. The summed E-state index contributed by atoms with van der Waals surface area (Å²) < 4.78 is 71.1. The molecule has 4 aromatic rings. The summed E-state index contributed by atoms with van der Waals surface area (Å²) in [6.07, 6.45) is -4.65. The van der Waals surface area contributed by atoms with Gasteiger partial charge < -0.3 is 10.2 Å². The number of sulfonamides is 1. The predicted molar refractivity (Wildman–Crippen MR) is 184 cm³/mol. The maximum absolute atomic E-state index is 14.5. The number of aryl methyl sites for hydroxylation is 1. The van der Waals surface area contributed by atoms with Crippen molar-refractivity contribution in [2.24, 2.45) is 5.92 Å². The van der Waals surface area contributed by atoms with E-state index in [-0.39, 0.29) is 29.5 Å². The number of anilines is 1. The maximum atomic E-state index is 14.5. The van der Waals surface area contributed by atoms with E-state index in [0.717, 1.165) is 27.7 Å². The number of benzene rings is 4. The van der Waals surface area contributed by atoms with Crippen molar-refractivity contribution in [1.82, 2.24) is 10.2 Å². The van der Waals surface area contributed by atoms with Gasteiger partial charge in [0.1, 0.15) is 12.6 Å². The van der Waals surface area contributed by atoms with E-state index in [2.05, 4.69) is 21.2 Å². The second kappa shape index (κ2) is 15.8. The van der Waals surface area contributed by atoms with Crippen molar-refractivity contribution in [1.29, 1.82) is 0 Å². The largest absolute Gasteiger partial charge is 0.416 e. The zero-order valence-corrected chi connectivity index (χ0v) is 29.1. The van der Waals surface area contributed by atoms with E-state index < -0.39 is 46.2 Å². The third-order valence-electron chi connectivity index (χ3n) is 7.55. The molecule has 4 rings (SSSR count). The van der Waals surface area contributed by atoms with Crippen LogP contribution in [-0.4, -0.2) is 44.3 Å². The molecule has 48 heavy (non-hydrogen) atoms. The van der Waals surface area contributed by atoms with Crippen LogP contribution in [0.5, 0.6) is 0 Å². The number of carbonyl (C=O) groups is 2. The van der Waals surface area contributed by atoms with Gasteiger partial charge in [0.25, 0.3) is 10.0 Å². The molecule has 12 heteroatoms. The van der Waals surface area contributed by atoms with E-state index in [1.165, 1.54) is 23.1 Å². The summed E-state index contributed by atoms with van der Waals surface area (Å²) in [7, 11) is -4.56. The van der Waals surface area contributed by atoms with Crippen LogP contribution in [0.4, 0.5) is 18.9 Å². The van der Waals surface area contributed by atoms with E-state index in [0.29, 0.717) is 22.5 Å². The van der Waals surface area contributed by atoms with Gasteiger partial charge in [0.2, 0.25) is 11.8 Å². The molecule has 0 saturated carbocycles. The van der Waals surface area contributed by atoms with Crippen molar-refractivity contribution in [3.63, 3.8) is 0 Å². The van der Waals surface area contributed by atoms with Crippen LogP contribution < -0.4 is 9.62 Å². The zero-order valence-electron chi connectivity index (χ0n) is 26.7. The Bertz CT molecular complexity index is 1820. The second-order valence-corrected chi connectivity index (χ2v) is 14.6. The Morgan fingerprint density at radius 1 is 0.854 bits per heavy atom. The lowest BCUT2D eigenvalue weighted by Crippen LogP contribution is -2.53. The number of hydrogen-bond donors (Lipinski definition) is 1. The number of hydrogen-bond acceptors (Lipinski definition) is 4. The van der Waals surface area contributed by atoms with Gasteiger partial charge in [-0.2, -0.15) is 13.2 Å². The SMILES string of the molecule is Cc1ccc(S(=O)(=O)N(CC(=O)N(Cc2cccc(Br)c2)C(Cc2ccccc2)C(=O)NCC(C)C)c2cccc(C(F)(F)F)c2)cc1. The molecule has 0 aliphatic heterocycles. The van der Waals surface area contributed by atoms with Crippen LogP contribution in [0.15, 0.2) is 112 Å². The number of carbonyl (C=O) groups excluding carboxylic acids is 2. The van der Waals surface area contributed by atoms with E-state index in [9.17, 15) is 31.2 Å². The summed E-state index contributed by atoms with van der Waals surface area (Å²) in [5.41, 5.74) is 0.769. The molecule has 0 aromatic heterocycles. The summed E-state index contributed by atoms with van der Waals surface area (Å²) in [6.45, 7) is 5.02. The van der Waals surface area contributed by atoms with Crippen LogP contribution in [0.2, 0.25) is 0 Å². The molecule has 1 atom stereocenters. The van der Waals surface area contributed by atoms with Crippen molar-refractivity contribution in [2.45, 2.75) is 50.9 Å². The Kier molecular flexibility index (Phi) is 12.1. The van der Waals surface area contributed by atoms with Gasteiger partial charge in [-0.1, -0.05) is 96.0 Å². The highest BCUT2D eigenvalue weighted by Gasteiger charge is 2.36. The summed E-state index contributed by atoms with van der Waals surface area (Å²) in [5.74, 6) is -1.11. The summed E-state index contributed by atoms with van der Waals surface area (Å²) in [5, 5.41) is 2.91. The van der Waals surface area contributed by atoms with Gasteiger partial charge in [-0.25, -0.2) is 8.42 Å². The molecule has 0 saturated heterocycles. The fourth-order valence-corrected chi connectivity index (χ4v) is 6.86. The van der Waals surface area contributed by atoms with Crippen molar-refractivity contribution < 1.29 is 31.2 Å². The van der Waals surface area contributed by atoms with Crippen LogP contribution in [0.3, 0.4) is 0 Å². The minimum Gasteiger partial charge on any atom is -0.354 e. The van der Waals surface area contributed by atoms with Gasteiger partial charge in [0, 0.05) is 24.0 Å². The predicted octanol–water partition coefficient (Wildman–Crippen LogP) is 7.38. The molecular weight excluding hydrogens is 707 g/mol. The molecule has 0 aliphatic rings. The molecule has 0 spiro atoms. The third-order valence-corrected chi connectivity index (χ3v) is 9.83. The van der Waals surface area contributed by atoms with E-state index in [4.69, 9.17) is 0 Å². The lowest BCUT2D eigenvalue weighted by Gasteiger charge is -2.34. The fraction of sp³-hybridized carbons (Fsp3) is 0.278. The number of rotatable bonds is 13. The number of alkyl halides is 3. The molecule has 0 bridgehead atoms. The molecule has 254 valence electrons. The topological polar surface area (TPSA) is 86.8 Å². The smallest absolute Gasteiger partial charge is 0.354 e. The minimum absolute atomic E-state index is 0.0775. The molecule has 0 radical (unpaired) electrons. The molecule has 0 heterocycles. The van der Waals surface area contributed by atoms with E-state index >= 15 is 0 Å². The Morgan fingerprint density at radius 3 is 2.12 bits per heavy atom. The molecule has 7 nitrogen and oxygen atoms in total. The quantitative estimate of drug-likeness (QED) is 0.155. The van der Waals surface area contributed by atoms with Crippen LogP contribution in [-0.2, 0) is 38.8 Å². The van der Waals surface area contributed by atoms with Crippen molar-refractivity contribution in [3.8, 4) is 0 Å². The van der Waals surface area contributed by atoms with Gasteiger partial charge >= 0.3 is 6.18 Å². The Morgan fingerprint density at radius 2 is 1.50 bits per heavy atom. The highest BCUT2D eigenvalue weighted by Crippen LogP contribution is 2.33. The van der Waals surface area contributed by atoms with Gasteiger partial charge in [-0.05, 0) is 66.4 Å². The molecule has 1 unspecified atom stereocenters. The maximum Gasteiger partial charge on any atom is 0.416 e. The number of amides is 2. The number of halogens is 4. The van der Waals surface area contributed by atoms with Crippen LogP contribution in [0, 0.1) is 12.8 Å². The first kappa shape index (κ1) is 36.7. The van der Waals surface area contributed by atoms with Crippen LogP contribution in [0.1, 0.15) is 36.1 Å². The minimum atomic E-state index is -4.76. The average Bonchev–Trinajstić information content (AvgIpc) is 3.04. The monoisotopic (exact) mass is 743 g/mol. The van der Waals surface area contributed by atoms with Crippen molar-refractivity contribution >= 4 is 43.5 Å². The first-order chi connectivity index (χ1) is 22.6. The lowest BCUT2D eigenvalue weighted by atomic mass is 10.0. The van der Waals surface area contributed by atoms with Gasteiger partial charge in [-0.3, -0.25) is 13.9 Å².